The lowest BCUT2D eigenvalue weighted by Crippen LogP contribution is -2.18. The molecule has 6 aromatic rings. The summed E-state index contributed by atoms with van der Waals surface area (Å²) in [6, 6.07) is 48.7. The maximum absolute atomic E-state index is 6.81. The molecule has 49 heavy (non-hydrogen) atoms. The third-order valence-corrected chi connectivity index (χ3v) is 8.63. The monoisotopic (exact) mass is 648 g/mol. The molecule has 0 spiro atoms. The number of ether oxygens (including phenoxy) is 5. The van der Waals surface area contributed by atoms with Crippen molar-refractivity contribution in [2.75, 3.05) is 0 Å². The quantitative estimate of drug-likeness (QED) is 0.125. The van der Waals surface area contributed by atoms with Crippen molar-refractivity contribution in [3.8, 4) is 34.5 Å². The van der Waals surface area contributed by atoms with Crippen LogP contribution in [0.2, 0.25) is 0 Å². The number of fused-ring (bicyclic) bond motifs is 2. The molecule has 0 atom stereocenters. The SMILES string of the molecule is CC(C)C1c2c(OCc3ccccc3)cc(OCc3ccccc3)cc2Oc2cc(OCc3ccccc3)cc(OCc3ccccc3)c21. The maximum atomic E-state index is 6.81. The Morgan fingerprint density at radius 2 is 0.776 bits per heavy atom. The van der Waals surface area contributed by atoms with Gasteiger partial charge < -0.3 is 23.7 Å². The van der Waals surface area contributed by atoms with Gasteiger partial charge in [0.1, 0.15) is 60.9 Å². The Morgan fingerprint density at radius 3 is 1.10 bits per heavy atom. The van der Waals surface area contributed by atoms with Crippen molar-refractivity contribution in [3.05, 3.63) is 179 Å². The fourth-order valence-corrected chi connectivity index (χ4v) is 6.22. The van der Waals surface area contributed by atoms with Gasteiger partial charge in [-0.2, -0.15) is 0 Å². The van der Waals surface area contributed by atoms with Gasteiger partial charge in [0, 0.05) is 41.3 Å². The van der Waals surface area contributed by atoms with Gasteiger partial charge in [0.05, 0.1) is 0 Å². The van der Waals surface area contributed by atoms with Crippen LogP contribution in [0.25, 0.3) is 0 Å². The van der Waals surface area contributed by atoms with Crippen LogP contribution in [0.3, 0.4) is 0 Å². The summed E-state index contributed by atoms with van der Waals surface area (Å²) in [5.74, 6) is 4.32. The molecule has 0 aromatic heterocycles. The average molecular weight is 649 g/mol. The van der Waals surface area contributed by atoms with Gasteiger partial charge in [0.15, 0.2) is 0 Å². The van der Waals surface area contributed by atoms with Crippen molar-refractivity contribution in [2.45, 2.75) is 46.2 Å². The van der Waals surface area contributed by atoms with E-state index in [1.54, 1.807) is 0 Å². The maximum Gasteiger partial charge on any atom is 0.138 e. The number of hydrogen-bond donors (Lipinski definition) is 0. The van der Waals surface area contributed by atoms with E-state index in [1.165, 1.54) is 0 Å². The molecule has 7 rings (SSSR count). The molecule has 0 unspecified atom stereocenters. The van der Waals surface area contributed by atoms with Gasteiger partial charge >= 0.3 is 0 Å². The van der Waals surface area contributed by atoms with Gasteiger partial charge in [-0.05, 0) is 28.2 Å². The minimum absolute atomic E-state index is 0.0818. The van der Waals surface area contributed by atoms with Crippen LogP contribution in [0.5, 0.6) is 34.5 Å². The van der Waals surface area contributed by atoms with Gasteiger partial charge in [0.2, 0.25) is 0 Å². The predicted molar refractivity (Wildman–Crippen MR) is 193 cm³/mol. The summed E-state index contributed by atoms with van der Waals surface area (Å²) in [7, 11) is 0. The van der Waals surface area contributed by atoms with E-state index < -0.39 is 0 Å². The molecule has 0 N–H and O–H groups in total. The van der Waals surface area contributed by atoms with Crippen molar-refractivity contribution < 1.29 is 23.7 Å². The molecule has 0 fully saturated rings. The molecule has 1 aliphatic rings. The molecule has 6 aromatic carbocycles. The lowest BCUT2D eigenvalue weighted by molar-refractivity contribution is 0.270. The van der Waals surface area contributed by atoms with Crippen molar-refractivity contribution >= 4 is 0 Å². The van der Waals surface area contributed by atoms with Crippen molar-refractivity contribution in [1.82, 2.24) is 0 Å². The van der Waals surface area contributed by atoms with E-state index in [0.29, 0.717) is 49.4 Å². The summed E-state index contributed by atoms with van der Waals surface area (Å²) in [5, 5.41) is 0. The lowest BCUT2D eigenvalue weighted by atomic mass is 9.79. The molecular weight excluding hydrogens is 608 g/mol. The summed E-state index contributed by atoms with van der Waals surface area (Å²) >= 11 is 0. The molecule has 5 nitrogen and oxygen atoms in total. The number of rotatable bonds is 13. The molecule has 1 heterocycles. The summed E-state index contributed by atoms with van der Waals surface area (Å²) < 4.78 is 32.8. The Labute approximate surface area is 288 Å². The molecule has 0 radical (unpaired) electrons. The lowest BCUT2D eigenvalue weighted by Gasteiger charge is -2.34. The minimum Gasteiger partial charge on any atom is -0.489 e. The third kappa shape index (κ3) is 7.73. The van der Waals surface area contributed by atoms with Crippen LogP contribution in [0.1, 0.15) is 53.1 Å². The Hall–Kier alpha value is -5.68. The van der Waals surface area contributed by atoms with E-state index in [0.717, 1.165) is 44.9 Å². The van der Waals surface area contributed by atoms with Crippen LogP contribution in [-0.4, -0.2) is 0 Å². The highest BCUT2D eigenvalue weighted by molar-refractivity contribution is 5.66. The standard InChI is InChI=1S/C44H40O5/c1-31(2)42-43-38(47-29-34-19-11-5-12-20-34)23-36(45-27-32-15-7-3-8-16-32)25-40(43)49-41-26-37(46-28-33-17-9-4-10-18-33)24-39(44(41)42)48-30-35-21-13-6-14-22-35/h3-26,31,42H,27-30H2,1-2H3. The first-order valence-electron chi connectivity index (χ1n) is 16.8. The van der Waals surface area contributed by atoms with Gasteiger partial charge in [0.25, 0.3) is 0 Å². The topological polar surface area (TPSA) is 46.2 Å². The van der Waals surface area contributed by atoms with Crippen LogP contribution in [0.4, 0.5) is 0 Å². The van der Waals surface area contributed by atoms with E-state index in [1.807, 2.05) is 97.1 Å². The molecule has 246 valence electrons. The van der Waals surface area contributed by atoms with E-state index in [9.17, 15) is 0 Å². The second-order valence-electron chi connectivity index (χ2n) is 12.6. The molecule has 5 heteroatoms. The predicted octanol–water partition coefficient (Wildman–Crippen LogP) is 10.9. The van der Waals surface area contributed by atoms with E-state index in [2.05, 4.69) is 62.4 Å². The largest absolute Gasteiger partial charge is 0.489 e. The summed E-state index contributed by atoms with van der Waals surface area (Å²) in [5.41, 5.74) is 6.28. The minimum atomic E-state index is -0.0818. The number of hydrogen-bond acceptors (Lipinski definition) is 5. The molecule has 0 saturated heterocycles. The summed E-state index contributed by atoms with van der Waals surface area (Å²) in [4.78, 5) is 0. The highest BCUT2D eigenvalue weighted by Gasteiger charge is 2.37. The second-order valence-corrected chi connectivity index (χ2v) is 12.6. The van der Waals surface area contributed by atoms with Gasteiger partial charge in [-0.1, -0.05) is 135 Å². The van der Waals surface area contributed by atoms with Gasteiger partial charge in [-0.25, -0.2) is 0 Å². The van der Waals surface area contributed by atoms with E-state index in [4.69, 9.17) is 23.7 Å². The zero-order valence-electron chi connectivity index (χ0n) is 27.9. The molecule has 0 saturated carbocycles. The van der Waals surface area contributed by atoms with Crippen LogP contribution in [-0.2, 0) is 26.4 Å². The second kappa shape index (κ2) is 15.0. The Kier molecular flexibility index (Phi) is 9.79. The fraction of sp³-hybridized carbons (Fsp3) is 0.182. The van der Waals surface area contributed by atoms with Gasteiger partial charge in [-0.3, -0.25) is 0 Å². The van der Waals surface area contributed by atoms with E-state index in [-0.39, 0.29) is 11.8 Å². The van der Waals surface area contributed by atoms with Crippen molar-refractivity contribution in [2.24, 2.45) is 5.92 Å². The smallest absolute Gasteiger partial charge is 0.138 e. The summed E-state index contributed by atoms with van der Waals surface area (Å²) in [6.07, 6.45) is 0. The van der Waals surface area contributed by atoms with Crippen LogP contribution in [0.15, 0.2) is 146 Å². The third-order valence-electron chi connectivity index (χ3n) is 8.63. The van der Waals surface area contributed by atoms with E-state index >= 15 is 0 Å². The first-order valence-corrected chi connectivity index (χ1v) is 16.8. The van der Waals surface area contributed by atoms with Crippen molar-refractivity contribution in [1.29, 1.82) is 0 Å². The normalized spacial score (nSPS) is 12.1. The number of benzene rings is 6. The molecule has 1 aliphatic heterocycles. The van der Waals surface area contributed by atoms with Gasteiger partial charge in [-0.15, -0.1) is 0 Å². The van der Waals surface area contributed by atoms with Crippen LogP contribution < -0.4 is 23.7 Å². The Morgan fingerprint density at radius 1 is 0.449 bits per heavy atom. The fourth-order valence-electron chi connectivity index (χ4n) is 6.22. The first-order chi connectivity index (χ1) is 24.1. The zero-order valence-corrected chi connectivity index (χ0v) is 27.9. The summed E-state index contributed by atoms with van der Waals surface area (Å²) in [6.45, 7) is 6.14. The first kappa shape index (κ1) is 31.9. The van der Waals surface area contributed by atoms with Crippen LogP contribution >= 0.6 is 0 Å². The van der Waals surface area contributed by atoms with Crippen molar-refractivity contribution in [3.63, 3.8) is 0 Å². The average Bonchev–Trinajstić information content (AvgIpc) is 3.15. The highest BCUT2D eigenvalue weighted by atomic mass is 16.5. The molecule has 0 aliphatic carbocycles. The van der Waals surface area contributed by atoms with Crippen LogP contribution in [0, 0.1) is 5.92 Å². The zero-order chi connectivity index (χ0) is 33.4. The highest BCUT2D eigenvalue weighted by Crippen LogP contribution is 2.56. The molecule has 0 amide bonds. The molecule has 0 bridgehead atoms. The Bertz CT molecular complexity index is 1820. The Balaban J connectivity index is 1.29. The molecular formula is C44H40O5.